The molecule has 84 valence electrons. The molecule has 0 amide bonds. The quantitative estimate of drug-likeness (QED) is 0.468. The number of esters is 1. The van der Waals surface area contributed by atoms with Crippen LogP contribution in [0, 0.1) is 5.92 Å². The van der Waals surface area contributed by atoms with Gasteiger partial charge in [0.25, 0.3) is 0 Å². The number of aliphatic hydroxyl groups excluding tert-OH is 1. The largest absolute Gasteiger partial charge is 0.469 e. The summed E-state index contributed by atoms with van der Waals surface area (Å²) in [5.41, 5.74) is 0. The minimum atomic E-state index is -0.166. The maximum absolute atomic E-state index is 11.1. The number of carbonyl (C=O) groups is 1. The molecule has 4 heteroatoms. The zero-order valence-corrected chi connectivity index (χ0v) is 9.25. The van der Waals surface area contributed by atoms with E-state index in [2.05, 4.69) is 10.1 Å². The Morgan fingerprint density at radius 1 is 1.50 bits per heavy atom. The predicted octanol–water partition coefficient (Wildman–Crippen LogP) is 0.546. The first-order valence-electron chi connectivity index (χ1n) is 5.03. The van der Waals surface area contributed by atoms with Crippen molar-refractivity contribution in [2.24, 2.45) is 5.92 Å². The number of hydrogen-bond acceptors (Lipinski definition) is 4. The van der Waals surface area contributed by atoms with Crippen LogP contribution in [0.25, 0.3) is 0 Å². The van der Waals surface area contributed by atoms with Crippen LogP contribution in [0.1, 0.15) is 26.7 Å². The summed E-state index contributed by atoms with van der Waals surface area (Å²) in [5, 5.41) is 11.8. The molecule has 0 aromatic rings. The molecule has 0 aromatic heterocycles. The first-order valence-corrected chi connectivity index (χ1v) is 5.03. The normalized spacial score (nSPS) is 14.9. The van der Waals surface area contributed by atoms with Crippen LogP contribution in [0.3, 0.4) is 0 Å². The van der Waals surface area contributed by atoms with E-state index in [1.54, 1.807) is 0 Å². The second-order valence-corrected chi connectivity index (χ2v) is 3.59. The van der Waals surface area contributed by atoms with E-state index in [-0.39, 0.29) is 24.5 Å². The molecule has 0 radical (unpaired) electrons. The Morgan fingerprint density at radius 2 is 2.14 bits per heavy atom. The Kier molecular flexibility index (Phi) is 7.42. The van der Waals surface area contributed by atoms with Gasteiger partial charge in [-0.25, -0.2) is 0 Å². The van der Waals surface area contributed by atoms with Crippen LogP contribution in [0.5, 0.6) is 0 Å². The maximum Gasteiger partial charge on any atom is 0.308 e. The van der Waals surface area contributed by atoms with Gasteiger partial charge in [0.05, 0.1) is 13.0 Å². The molecule has 2 atom stereocenters. The van der Waals surface area contributed by atoms with Gasteiger partial charge in [0.15, 0.2) is 0 Å². The molecule has 0 fully saturated rings. The van der Waals surface area contributed by atoms with Crippen molar-refractivity contribution in [3.63, 3.8) is 0 Å². The summed E-state index contributed by atoms with van der Waals surface area (Å²) in [6, 6.07) is 0.274. The lowest BCUT2D eigenvalue weighted by Gasteiger charge is -2.16. The van der Waals surface area contributed by atoms with Crippen LogP contribution < -0.4 is 5.32 Å². The third-order valence-corrected chi connectivity index (χ3v) is 2.14. The number of ether oxygens (including phenoxy) is 1. The molecule has 0 aliphatic carbocycles. The summed E-state index contributed by atoms with van der Waals surface area (Å²) in [6.45, 7) is 4.87. The molecule has 4 nitrogen and oxygen atoms in total. The number of rotatable bonds is 7. The standard InChI is InChI=1S/C10H21NO3/c1-8(10(13)14-3)7-9(2)11-5-4-6-12/h8-9,11-12H,4-7H2,1-3H3. The molecule has 0 rings (SSSR count). The highest BCUT2D eigenvalue weighted by atomic mass is 16.5. The van der Waals surface area contributed by atoms with Gasteiger partial charge >= 0.3 is 5.97 Å². The lowest BCUT2D eigenvalue weighted by molar-refractivity contribution is -0.145. The summed E-state index contributed by atoms with van der Waals surface area (Å²) in [4.78, 5) is 11.1. The molecule has 0 aliphatic heterocycles. The molecule has 0 saturated carbocycles. The van der Waals surface area contributed by atoms with E-state index in [1.165, 1.54) is 7.11 Å². The van der Waals surface area contributed by atoms with Crippen LogP contribution in [0.4, 0.5) is 0 Å². The van der Waals surface area contributed by atoms with E-state index in [0.29, 0.717) is 0 Å². The van der Waals surface area contributed by atoms with Gasteiger partial charge in [-0.05, 0) is 26.3 Å². The SMILES string of the molecule is COC(=O)C(C)CC(C)NCCCO. The van der Waals surface area contributed by atoms with Gasteiger partial charge in [-0.2, -0.15) is 0 Å². The lowest BCUT2D eigenvalue weighted by Crippen LogP contribution is -2.31. The summed E-state index contributed by atoms with van der Waals surface area (Å²) in [6.07, 6.45) is 1.51. The van der Waals surface area contributed by atoms with Gasteiger partial charge in [-0.3, -0.25) is 4.79 Å². The smallest absolute Gasteiger partial charge is 0.308 e. The summed E-state index contributed by atoms with van der Waals surface area (Å²) >= 11 is 0. The van der Waals surface area contributed by atoms with Gasteiger partial charge in [0.2, 0.25) is 0 Å². The molecular formula is C10H21NO3. The molecule has 2 unspecified atom stereocenters. The Morgan fingerprint density at radius 3 is 2.64 bits per heavy atom. The van der Waals surface area contributed by atoms with E-state index in [0.717, 1.165) is 19.4 Å². The molecule has 0 bridgehead atoms. The Labute approximate surface area is 85.6 Å². The van der Waals surface area contributed by atoms with Gasteiger partial charge in [0.1, 0.15) is 0 Å². The first-order chi connectivity index (χ1) is 6.61. The van der Waals surface area contributed by atoms with Crippen LogP contribution in [0.15, 0.2) is 0 Å². The summed E-state index contributed by atoms with van der Waals surface area (Å²) in [7, 11) is 1.41. The zero-order chi connectivity index (χ0) is 11.0. The number of hydrogen-bond donors (Lipinski definition) is 2. The van der Waals surface area contributed by atoms with E-state index in [9.17, 15) is 4.79 Å². The number of aliphatic hydroxyl groups is 1. The minimum absolute atomic E-state index is 0.0726. The Balaban J connectivity index is 3.59. The van der Waals surface area contributed by atoms with Crippen molar-refractivity contribution in [3.8, 4) is 0 Å². The van der Waals surface area contributed by atoms with Crippen molar-refractivity contribution in [3.05, 3.63) is 0 Å². The van der Waals surface area contributed by atoms with E-state index >= 15 is 0 Å². The topological polar surface area (TPSA) is 58.6 Å². The summed E-state index contributed by atoms with van der Waals surface area (Å²) < 4.78 is 4.63. The van der Waals surface area contributed by atoms with Crippen molar-refractivity contribution in [1.82, 2.24) is 5.32 Å². The molecule has 0 aliphatic rings. The van der Waals surface area contributed by atoms with Gasteiger partial charge in [-0.15, -0.1) is 0 Å². The van der Waals surface area contributed by atoms with Crippen LogP contribution in [-0.4, -0.2) is 37.4 Å². The van der Waals surface area contributed by atoms with Crippen LogP contribution in [0.2, 0.25) is 0 Å². The Bertz CT molecular complexity index is 161. The van der Waals surface area contributed by atoms with Gasteiger partial charge in [0, 0.05) is 12.6 Å². The molecule has 2 N–H and O–H groups in total. The van der Waals surface area contributed by atoms with Crippen LogP contribution in [-0.2, 0) is 9.53 Å². The highest BCUT2D eigenvalue weighted by molar-refractivity contribution is 5.71. The predicted molar refractivity (Wildman–Crippen MR) is 55.0 cm³/mol. The fourth-order valence-electron chi connectivity index (χ4n) is 1.34. The molecular weight excluding hydrogens is 182 g/mol. The van der Waals surface area contributed by atoms with Crippen LogP contribution >= 0.6 is 0 Å². The van der Waals surface area contributed by atoms with Crippen molar-refractivity contribution < 1.29 is 14.6 Å². The van der Waals surface area contributed by atoms with Crippen molar-refractivity contribution in [1.29, 1.82) is 0 Å². The molecule has 14 heavy (non-hydrogen) atoms. The Hall–Kier alpha value is -0.610. The van der Waals surface area contributed by atoms with E-state index in [1.807, 2.05) is 13.8 Å². The zero-order valence-electron chi connectivity index (χ0n) is 9.25. The van der Waals surface area contributed by atoms with E-state index < -0.39 is 0 Å². The van der Waals surface area contributed by atoms with Crippen molar-refractivity contribution in [2.75, 3.05) is 20.3 Å². The molecule has 0 aromatic carbocycles. The number of carbonyl (C=O) groups excluding carboxylic acids is 1. The van der Waals surface area contributed by atoms with Crippen molar-refractivity contribution in [2.45, 2.75) is 32.7 Å². The van der Waals surface area contributed by atoms with Crippen molar-refractivity contribution >= 4 is 5.97 Å². The third-order valence-electron chi connectivity index (χ3n) is 2.14. The highest BCUT2D eigenvalue weighted by Crippen LogP contribution is 2.07. The van der Waals surface area contributed by atoms with E-state index in [4.69, 9.17) is 5.11 Å². The third kappa shape index (κ3) is 5.94. The molecule has 0 heterocycles. The minimum Gasteiger partial charge on any atom is -0.469 e. The second kappa shape index (κ2) is 7.76. The molecule has 0 saturated heterocycles. The fourth-order valence-corrected chi connectivity index (χ4v) is 1.34. The van der Waals surface area contributed by atoms with Gasteiger partial charge < -0.3 is 15.2 Å². The highest BCUT2D eigenvalue weighted by Gasteiger charge is 2.15. The van der Waals surface area contributed by atoms with Gasteiger partial charge in [-0.1, -0.05) is 6.92 Å². The number of nitrogens with one attached hydrogen (secondary N) is 1. The number of methoxy groups -OCH3 is 1. The first kappa shape index (κ1) is 13.4. The fraction of sp³-hybridized carbons (Fsp3) is 0.900. The lowest BCUT2D eigenvalue weighted by atomic mass is 10.0. The summed E-state index contributed by atoms with van der Waals surface area (Å²) in [5.74, 6) is -0.238. The monoisotopic (exact) mass is 203 g/mol. The molecule has 0 spiro atoms. The average molecular weight is 203 g/mol. The second-order valence-electron chi connectivity index (χ2n) is 3.59. The maximum atomic E-state index is 11.1. The average Bonchev–Trinajstić information content (AvgIpc) is 2.16.